The number of aryl methyl sites for hydroxylation is 3. The standard InChI is InChI=1S/C25H28N6O3/c1-16-9-21(22(13-26-16)34-15-25(32)6-4-8-33-14-25)19-5-7-31-20(11-19)12-24(30-31)29-23-10-17(2)27-18(3)28-23/h5,7,9-13,32H,4,6,8,14-15H2,1-3H3,(H,27,28,29,30)/t25-/m0/s1. The minimum Gasteiger partial charge on any atom is -0.488 e. The molecule has 0 radical (unpaired) electrons. The van der Waals surface area contributed by atoms with Gasteiger partial charge in [0.2, 0.25) is 0 Å². The summed E-state index contributed by atoms with van der Waals surface area (Å²) in [4.78, 5) is 13.1. The molecule has 2 N–H and O–H groups in total. The molecule has 5 rings (SSSR count). The number of aliphatic hydroxyl groups is 1. The van der Waals surface area contributed by atoms with E-state index >= 15 is 0 Å². The van der Waals surface area contributed by atoms with E-state index in [0.717, 1.165) is 34.5 Å². The highest BCUT2D eigenvalue weighted by atomic mass is 16.5. The van der Waals surface area contributed by atoms with E-state index in [2.05, 4.69) is 31.4 Å². The number of nitrogens with zero attached hydrogens (tertiary/aromatic N) is 5. The van der Waals surface area contributed by atoms with Gasteiger partial charge in [-0.1, -0.05) is 0 Å². The van der Waals surface area contributed by atoms with Crippen molar-refractivity contribution >= 4 is 17.2 Å². The Hall–Kier alpha value is -3.56. The van der Waals surface area contributed by atoms with E-state index < -0.39 is 5.60 Å². The summed E-state index contributed by atoms with van der Waals surface area (Å²) in [6, 6.07) is 9.88. The number of anilines is 2. The first-order valence-corrected chi connectivity index (χ1v) is 11.4. The van der Waals surface area contributed by atoms with Crippen molar-refractivity contribution in [1.29, 1.82) is 0 Å². The minimum atomic E-state index is -0.978. The van der Waals surface area contributed by atoms with Crippen LogP contribution in [0.25, 0.3) is 16.6 Å². The molecule has 9 nitrogen and oxygen atoms in total. The largest absolute Gasteiger partial charge is 0.488 e. The molecule has 1 atom stereocenters. The van der Waals surface area contributed by atoms with Crippen LogP contribution in [0, 0.1) is 20.8 Å². The Kier molecular flexibility index (Phi) is 5.89. The van der Waals surface area contributed by atoms with Crippen molar-refractivity contribution < 1.29 is 14.6 Å². The normalized spacial score (nSPS) is 18.2. The Labute approximate surface area is 197 Å². The second-order valence-corrected chi connectivity index (χ2v) is 8.87. The van der Waals surface area contributed by atoms with Gasteiger partial charge in [-0.15, -0.1) is 0 Å². The quantitative estimate of drug-likeness (QED) is 0.448. The third kappa shape index (κ3) is 4.85. The van der Waals surface area contributed by atoms with Crippen LogP contribution in [0.2, 0.25) is 0 Å². The highest BCUT2D eigenvalue weighted by molar-refractivity contribution is 5.75. The van der Waals surface area contributed by atoms with Crippen LogP contribution < -0.4 is 10.1 Å². The maximum absolute atomic E-state index is 10.8. The average Bonchev–Trinajstić information content (AvgIpc) is 3.19. The van der Waals surface area contributed by atoms with Crippen molar-refractivity contribution in [3.8, 4) is 16.9 Å². The highest BCUT2D eigenvalue weighted by Gasteiger charge is 2.31. The molecule has 0 spiro atoms. The first kappa shape index (κ1) is 22.2. The van der Waals surface area contributed by atoms with E-state index in [-0.39, 0.29) is 13.2 Å². The second kappa shape index (κ2) is 9.00. The third-order valence-electron chi connectivity index (χ3n) is 5.80. The van der Waals surface area contributed by atoms with Crippen LogP contribution in [0.4, 0.5) is 11.6 Å². The molecule has 4 aromatic rings. The minimum absolute atomic E-state index is 0.158. The molecule has 4 aromatic heterocycles. The van der Waals surface area contributed by atoms with Crippen LogP contribution in [0.5, 0.6) is 5.75 Å². The molecule has 0 amide bonds. The molecule has 9 heteroatoms. The van der Waals surface area contributed by atoms with E-state index in [1.54, 1.807) is 6.20 Å². The molecule has 34 heavy (non-hydrogen) atoms. The predicted molar refractivity (Wildman–Crippen MR) is 128 cm³/mol. The Morgan fingerprint density at radius 2 is 2.00 bits per heavy atom. The lowest BCUT2D eigenvalue weighted by atomic mass is 9.98. The zero-order valence-electron chi connectivity index (χ0n) is 19.6. The Balaban J connectivity index is 1.42. The summed E-state index contributed by atoms with van der Waals surface area (Å²) >= 11 is 0. The number of hydrogen-bond donors (Lipinski definition) is 2. The summed E-state index contributed by atoms with van der Waals surface area (Å²) in [6.45, 7) is 6.87. The van der Waals surface area contributed by atoms with E-state index in [1.807, 2.05) is 55.7 Å². The molecular formula is C25H28N6O3. The smallest absolute Gasteiger partial charge is 0.154 e. The number of rotatable bonds is 6. The lowest BCUT2D eigenvalue weighted by Gasteiger charge is -2.31. The molecule has 0 bridgehead atoms. The molecule has 0 aliphatic carbocycles. The summed E-state index contributed by atoms with van der Waals surface area (Å²) in [5, 5.41) is 18.6. The molecule has 0 aromatic carbocycles. The fourth-order valence-electron chi connectivity index (χ4n) is 4.19. The van der Waals surface area contributed by atoms with Crippen molar-refractivity contribution in [1.82, 2.24) is 24.6 Å². The van der Waals surface area contributed by atoms with Gasteiger partial charge in [0.05, 0.1) is 18.3 Å². The third-order valence-corrected chi connectivity index (χ3v) is 5.80. The summed E-state index contributed by atoms with van der Waals surface area (Å²) in [5.41, 5.74) is 3.60. The zero-order valence-corrected chi connectivity index (χ0v) is 19.6. The van der Waals surface area contributed by atoms with Gasteiger partial charge in [-0.2, -0.15) is 5.10 Å². The lowest BCUT2D eigenvalue weighted by molar-refractivity contribution is -0.105. The summed E-state index contributed by atoms with van der Waals surface area (Å²) < 4.78 is 13.3. The molecule has 0 saturated carbocycles. The Morgan fingerprint density at radius 3 is 2.79 bits per heavy atom. The number of ether oxygens (including phenoxy) is 2. The summed E-state index contributed by atoms with van der Waals surface area (Å²) in [7, 11) is 0. The summed E-state index contributed by atoms with van der Waals surface area (Å²) in [5.74, 6) is 2.73. The Bertz CT molecular complexity index is 1310. The molecule has 176 valence electrons. The summed E-state index contributed by atoms with van der Waals surface area (Å²) in [6.07, 6.45) is 5.10. The molecule has 1 aliphatic heterocycles. The second-order valence-electron chi connectivity index (χ2n) is 8.87. The number of pyridine rings is 2. The first-order valence-electron chi connectivity index (χ1n) is 11.4. The monoisotopic (exact) mass is 460 g/mol. The van der Waals surface area contributed by atoms with Crippen molar-refractivity contribution in [3.05, 3.63) is 59.9 Å². The van der Waals surface area contributed by atoms with Gasteiger partial charge < -0.3 is 19.9 Å². The predicted octanol–water partition coefficient (Wildman–Crippen LogP) is 3.78. The first-order chi connectivity index (χ1) is 16.4. The lowest BCUT2D eigenvalue weighted by Crippen LogP contribution is -2.44. The highest BCUT2D eigenvalue weighted by Crippen LogP contribution is 2.32. The van der Waals surface area contributed by atoms with Gasteiger partial charge in [-0.3, -0.25) is 4.98 Å². The molecule has 0 unspecified atom stereocenters. The molecule has 1 aliphatic rings. The average molecular weight is 461 g/mol. The molecular weight excluding hydrogens is 432 g/mol. The van der Waals surface area contributed by atoms with Gasteiger partial charge in [0.1, 0.15) is 29.6 Å². The van der Waals surface area contributed by atoms with Crippen LogP contribution in [0.3, 0.4) is 0 Å². The van der Waals surface area contributed by atoms with Crippen molar-refractivity contribution in [2.75, 3.05) is 25.1 Å². The van der Waals surface area contributed by atoms with Crippen molar-refractivity contribution in [2.45, 2.75) is 39.2 Å². The van der Waals surface area contributed by atoms with Crippen LogP contribution in [-0.4, -0.2) is 55.1 Å². The molecule has 5 heterocycles. The fraction of sp³-hybridized carbons (Fsp3) is 0.360. The van der Waals surface area contributed by atoms with E-state index in [0.29, 0.717) is 36.2 Å². The maximum atomic E-state index is 10.8. The van der Waals surface area contributed by atoms with Gasteiger partial charge in [0, 0.05) is 41.9 Å². The van der Waals surface area contributed by atoms with Gasteiger partial charge in [0.25, 0.3) is 0 Å². The maximum Gasteiger partial charge on any atom is 0.154 e. The van der Waals surface area contributed by atoms with Gasteiger partial charge in [-0.25, -0.2) is 14.5 Å². The van der Waals surface area contributed by atoms with Crippen LogP contribution in [0.15, 0.2) is 42.7 Å². The fourth-order valence-corrected chi connectivity index (χ4v) is 4.19. The van der Waals surface area contributed by atoms with E-state index in [9.17, 15) is 5.11 Å². The zero-order chi connectivity index (χ0) is 23.7. The number of nitrogens with one attached hydrogen (secondary N) is 1. The topological polar surface area (TPSA) is 107 Å². The van der Waals surface area contributed by atoms with Gasteiger partial charge in [0.15, 0.2) is 5.82 Å². The van der Waals surface area contributed by atoms with Crippen molar-refractivity contribution in [3.63, 3.8) is 0 Å². The number of fused-ring (bicyclic) bond motifs is 1. The van der Waals surface area contributed by atoms with Gasteiger partial charge in [-0.05, 0) is 57.4 Å². The SMILES string of the molecule is Cc1cc(-c2ccn3nc(Nc4cc(C)nc(C)n4)cc3c2)c(OC[C@]2(O)CCCOC2)cn1. The van der Waals surface area contributed by atoms with E-state index in [1.165, 1.54) is 0 Å². The van der Waals surface area contributed by atoms with Crippen LogP contribution >= 0.6 is 0 Å². The molecule has 1 fully saturated rings. The van der Waals surface area contributed by atoms with E-state index in [4.69, 9.17) is 9.47 Å². The van der Waals surface area contributed by atoms with Crippen LogP contribution in [0.1, 0.15) is 30.1 Å². The number of aromatic nitrogens is 5. The molecule has 1 saturated heterocycles. The van der Waals surface area contributed by atoms with Crippen LogP contribution in [-0.2, 0) is 4.74 Å². The van der Waals surface area contributed by atoms with Gasteiger partial charge >= 0.3 is 0 Å². The van der Waals surface area contributed by atoms with Crippen molar-refractivity contribution in [2.24, 2.45) is 0 Å². The number of hydrogen-bond acceptors (Lipinski definition) is 8. The Morgan fingerprint density at radius 1 is 1.12 bits per heavy atom.